The molecule has 1 unspecified atom stereocenters. The second-order valence-corrected chi connectivity index (χ2v) is 4.72. The van der Waals surface area contributed by atoms with E-state index < -0.39 is 0 Å². The summed E-state index contributed by atoms with van der Waals surface area (Å²) >= 11 is 0. The van der Waals surface area contributed by atoms with Gasteiger partial charge < -0.3 is 11.1 Å². The van der Waals surface area contributed by atoms with Gasteiger partial charge in [0, 0.05) is 11.6 Å². The number of benzene rings is 1. The number of pyridine rings is 1. The van der Waals surface area contributed by atoms with Gasteiger partial charge >= 0.3 is 0 Å². The molecule has 1 aliphatic rings. The Hall–Kier alpha value is -1.87. The van der Waals surface area contributed by atoms with Crippen LogP contribution >= 0.6 is 0 Å². The van der Waals surface area contributed by atoms with E-state index in [1.807, 2.05) is 12.1 Å². The maximum atomic E-state index is 5.70. The molecule has 92 valence electrons. The average Bonchev–Trinajstić information content (AvgIpc) is 2.93. The van der Waals surface area contributed by atoms with Crippen LogP contribution in [-0.2, 0) is 0 Å². The van der Waals surface area contributed by atoms with E-state index in [1.165, 1.54) is 18.4 Å². The molecule has 3 rings (SSSR count). The zero-order valence-electron chi connectivity index (χ0n) is 10.3. The van der Waals surface area contributed by atoms with E-state index in [2.05, 4.69) is 34.6 Å². The van der Waals surface area contributed by atoms with E-state index in [0.29, 0.717) is 11.9 Å². The third kappa shape index (κ3) is 2.22. The Morgan fingerprint density at radius 2 is 1.94 bits per heavy atom. The molecule has 1 fully saturated rings. The van der Waals surface area contributed by atoms with Crippen molar-refractivity contribution in [3.8, 4) is 11.3 Å². The first kappa shape index (κ1) is 11.2. The van der Waals surface area contributed by atoms with Gasteiger partial charge in [-0.15, -0.1) is 0 Å². The van der Waals surface area contributed by atoms with Crippen LogP contribution in [0.3, 0.4) is 0 Å². The molecular weight excluding hydrogens is 222 g/mol. The molecule has 18 heavy (non-hydrogen) atoms. The highest BCUT2D eigenvalue weighted by Gasteiger charge is 2.15. The van der Waals surface area contributed by atoms with Crippen LogP contribution < -0.4 is 11.1 Å². The zero-order chi connectivity index (χ0) is 12.4. The van der Waals surface area contributed by atoms with Crippen LogP contribution in [0, 0.1) is 0 Å². The third-order valence-corrected chi connectivity index (χ3v) is 3.44. The van der Waals surface area contributed by atoms with Gasteiger partial charge in [0.15, 0.2) is 0 Å². The monoisotopic (exact) mass is 239 g/mol. The van der Waals surface area contributed by atoms with Gasteiger partial charge in [-0.2, -0.15) is 0 Å². The maximum absolute atomic E-state index is 5.70. The standard InChI is InChI=1S/C15H17N3/c16-15-5-1-3-14(18-15)12-8-6-11(7-9-12)13-4-2-10-17-13/h1,3,5-9,13,17H,2,4,10H2,(H2,16,18). The number of rotatable bonds is 2. The van der Waals surface area contributed by atoms with E-state index in [4.69, 9.17) is 5.73 Å². The topological polar surface area (TPSA) is 50.9 Å². The van der Waals surface area contributed by atoms with E-state index in [-0.39, 0.29) is 0 Å². The van der Waals surface area contributed by atoms with Gasteiger partial charge in [-0.1, -0.05) is 30.3 Å². The van der Waals surface area contributed by atoms with Crippen molar-refractivity contribution in [1.29, 1.82) is 0 Å². The lowest BCUT2D eigenvalue weighted by atomic mass is 10.0. The second kappa shape index (κ2) is 4.78. The van der Waals surface area contributed by atoms with E-state index >= 15 is 0 Å². The van der Waals surface area contributed by atoms with E-state index in [1.54, 1.807) is 6.07 Å². The molecule has 1 atom stereocenters. The first-order valence-corrected chi connectivity index (χ1v) is 6.39. The second-order valence-electron chi connectivity index (χ2n) is 4.72. The van der Waals surface area contributed by atoms with Crippen molar-refractivity contribution < 1.29 is 0 Å². The summed E-state index contributed by atoms with van der Waals surface area (Å²) in [6.07, 6.45) is 2.50. The van der Waals surface area contributed by atoms with Crippen LogP contribution in [0.4, 0.5) is 5.82 Å². The Bertz CT molecular complexity index is 528. The Balaban J connectivity index is 1.86. The fraction of sp³-hybridized carbons (Fsp3) is 0.267. The Kier molecular flexibility index (Phi) is 2.99. The van der Waals surface area contributed by atoms with E-state index in [9.17, 15) is 0 Å². The van der Waals surface area contributed by atoms with Gasteiger partial charge in [0.2, 0.25) is 0 Å². The van der Waals surface area contributed by atoms with Gasteiger partial charge in [0.25, 0.3) is 0 Å². The van der Waals surface area contributed by atoms with Crippen LogP contribution in [0.25, 0.3) is 11.3 Å². The Morgan fingerprint density at radius 3 is 2.61 bits per heavy atom. The molecule has 3 heteroatoms. The number of nitrogens with two attached hydrogens (primary N) is 1. The molecule has 2 heterocycles. The number of nitrogens with one attached hydrogen (secondary N) is 1. The lowest BCUT2D eigenvalue weighted by Gasteiger charge is -2.11. The third-order valence-electron chi connectivity index (χ3n) is 3.44. The molecule has 0 radical (unpaired) electrons. The van der Waals surface area contributed by atoms with Gasteiger partial charge in [-0.05, 0) is 37.1 Å². The minimum Gasteiger partial charge on any atom is -0.384 e. The van der Waals surface area contributed by atoms with Crippen molar-refractivity contribution in [2.75, 3.05) is 12.3 Å². The summed E-state index contributed by atoms with van der Waals surface area (Å²) in [4.78, 5) is 4.33. The molecule has 0 saturated carbocycles. The fourth-order valence-corrected chi connectivity index (χ4v) is 2.47. The molecule has 3 N–H and O–H groups in total. The Morgan fingerprint density at radius 1 is 1.11 bits per heavy atom. The molecule has 0 amide bonds. The summed E-state index contributed by atoms with van der Waals surface area (Å²) in [7, 11) is 0. The highest BCUT2D eigenvalue weighted by molar-refractivity contribution is 5.61. The highest BCUT2D eigenvalue weighted by atomic mass is 14.9. The predicted octanol–water partition coefficient (Wildman–Crippen LogP) is 2.76. The minimum absolute atomic E-state index is 0.521. The first-order valence-electron chi connectivity index (χ1n) is 6.39. The summed E-state index contributed by atoms with van der Waals surface area (Å²) in [5.74, 6) is 0.564. The molecule has 3 nitrogen and oxygen atoms in total. The van der Waals surface area contributed by atoms with Gasteiger partial charge in [0.05, 0.1) is 5.69 Å². The van der Waals surface area contributed by atoms with Crippen molar-refractivity contribution in [3.63, 3.8) is 0 Å². The molecule has 1 aromatic carbocycles. The molecule has 1 saturated heterocycles. The van der Waals surface area contributed by atoms with Crippen LogP contribution in [0.5, 0.6) is 0 Å². The molecule has 0 spiro atoms. The summed E-state index contributed by atoms with van der Waals surface area (Å²) in [6, 6.07) is 14.9. The molecule has 1 aromatic heterocycles. The maximum Gasteiger partial charge on any atom is 0.124 e. The summed E-state index contributed by atoms with van der Waals surface area (Å²) in [5.41, 5.74) is 9.11. The van der Waals surface area contributed by atoms with Gasteiger partial charge in [0.1, 0.15) is 5.82 Å². The molecule has 1 aliphatic heterocycles. The van der Waals surface area contributed by atoms with Crippen molar-refractivity contribution >= 4 is 5.82 Å². The van der Waals surface area contributed by atoms with Gasteiger partial charge in [-0.25, -0.2) is 4.98 Å². The number of hydrogen-bond donors (Lipinski definition) is 2. The summed E-state index contributed by atoms with van der Waals surface area (Å²) in [5, 5.41) is 3.51. The minimum atomic E-state index is 0.521. The van der Waals surface area contributed by atoms with Crippen LogP contribution in [0.1, 0.15) is 24.4 Å². The lowest BCUT2D eigenvalue weighted by molar-refractivity contribution is 0.648. The largest absolute Gasteiger partial charge is 0.384 e. The number of hydrogen-bond acceptors (Lipinski definition) is 3. The Labute approximate surface area is 107 Å². The van der Waals surface area contributed by atoms with E-state index in [0.717, 1.165) is 17.8 Å². The molecule has 0 aliphatic carbocycles. The van der Waals surface area contributed by atoms with Crippen molar-refractivity contribution in [2.45, 2.75) is 18.9 Å². The quantitative estimate of drug-likeness (QED) is 0.847. The number of aromatic nitrogens is 1. The summed E-state index contributed by atoms with van der Waals surface area (Å²) in [6.45, 7) is 1.13. The molecule has 0 bridgehead atoms. The number of nitrogens with zero attached hydrogens (tertiary/aromatic N) is 1. The van der Waals surface area contributed by atoms with Crippen molar-refractivity contribution in [2.24, 2.45) is 0 Å². The summed E-state index contributed by atoms with van der Waals surface area (Å²) < 4.78 is 0. The molecular formula is C15H17N3. The van der Waals surface area contributed by atoms with Crippen LogP contribution in [0.2, 0.25) is 0 Å². The normalized spacial score (nSPS) is 19.0. The number of nitrogen functional groups attached to an aromatic ring is 1. The predicted molar refractivity (Wildman–Crippen MR) is 74.1 cm³/mol. The SMILES string of the molecule is Nc1cccc(-c2ccc(C3CCCN3)cc2)n1. The van der Waals surface area contributed by atoms with Crippen molar-refractivity contribution in [1.82, 2.24) is 10.3 Å². The van der Waals surface area contributed by atoms with Crippen molar-refractivity contribution in [3.05, 3.63) is 48.0 Å². The lowest BCUT2D eigenvalue weighted by Crippen LogP contribution is -2.12. The fourth-order valence-electron chi connectivity index (χ4n) is 2.47. The number of anilines is 1. The first-order chi connectivity index (χ1) is 8.83. The average molecular weight is 239 g/mol. The van der Waals surface area contributed by atoms with Crippen LogP contribution in [0.15, 0.2) is 42.5 Å². The van der Waals surface area contributed by atoms with Crippen LogP contribution in [-0.4, -0.2) is 11.5 Å². The smallest absolute Gasteiger partial charge is 0.124 e. The molecule has 2 aromatic rings. The zero-order valence-corrected chi connectivity index (χ0v) is 10.3. The highest BCUT2D eigenvalue weighted by Crippen LogP contribution is 2.25. The van der Waals surface area contributed by atoms with Gasteiger partial charge in [-0.3, -0.25) is 0 Å².